The van der Waals surface area contributed by atoms with Crippen LogP contribution in [-0.2, 0) is 9.84 Å². The van der Waals surface area contributed by atoms with Crippen molar-refractivity contribution in [3.05, 3.63) is 70.8 Å². The summed E-state index contributed by atoms with van der Waals surface area (Å²) in [5.74, 6) is -0.779. The van der Waals surface area contributed by atoms with Crippen LogP contribution in [0.2, 0.25) is 0 Å². The first-order valence-electron chi connectivity index (χ1n) is 9.14. The summed E-state index contributed by atoms with van der Waals surface area (Å²) >= 11 is 0. The average molecular weight is 384 g/mol. The smallest absolute Gasteiger partial charge is 0.163 e. The zero-order valence-corrected chi connectivity index (χ0v) is 16.5. The highest BCUT2D eigenvalue weighted by Gasteiger charge is 2.39. The Balaban J connectivity index is 1.72. The van der Waals surface area contributed by atoms with E-state index in [9.17, 15) is 18.0 Å². The Morgan fingerprint density at radius 2 is 1.07 bits per heavy atom. The molecule has 0 bridgehead atoms. The van der Waals surface area contributed by atoms with Crippen LogP contribution in [-0.4, -0.2) is 31.5 Å². The fraction of sp³-hybridized carbons (Fsp3) is 0.364. The molecule has 2 atom stereocenters. The Morgan fingerprint density at radius 3 is 1.41 bits per heavy atom. The molecule has 1 saturated heterocycles. The van der Waals surface area contributed by atoms with Crippen molar-refractivity contribution in [3.63, 3.8) is 0 Å². The van der Waals surface area contributed by atoms with Crippen LogP contribution in [0.15, 0.2) is 48.5 Å². The molecule has 2 unspecified atom stereocenters. The second-order valence-electron chi connectivity index (χ2n) is 7.58. The first kappa shape index (κ1) is 19.5. The molecule has 2 aromatic rings. The third kappa shape index (κ3) is 4.92. The van der Waals surface area contributed by atoms with Crippen molar-refractivity contribution in [1.82, 2.24) is 0 Å². The molecule has 0 spiro atoms. The number of ketones is 2. The summed E-state index contributed by atoms with van der Waals surface area (Å²) in [6.07, 6.45) is 0.322. The van der Waals surface area contributed by atoms with Gasteiger partial charge < -0.3 is 0 Å². The fourth-order valence-corrected chi connectivity index (χ4v) is 5.86. The van der Waals surface area contributed by atoms with Crippen LogP contribution < -0.4 is 0 Å². The molecule has 1 aliphatic heterocycles. The van der Waals surface area contributed by atoms with E-state index in [0.29, 0.717) is 11.1 Å². The maximum atomic E-state index is 12.6. The molecule has 0 N–H and O–H groups in total. The lowest BCUT2D eigenvalue weighted by Crippen LogP contribution is -2.20. The summed E-state index contributed by atoms with van der Waals surface area (Å²) in [6.45, 7) is 3.90. The Bertz CT molecular complexity index is 867. The van der Waals surface area contributed by atoms with Crippen LogP contribution in [0.5, 0.6) is 0 Å². The lowest BCUT2D eigenvalue weighted by Gasteiger charge is -2.17. The van der Waals surface area contributed by atoms with E-state index in [2.05, 4.69) is 0 Å². The zero-order chi connectivity index (χ0) is 19.6. The summed E-state index contributed by atoms with van der Waals surface area (Å²) in [7, 11) is -3.22. The first-order chi connectivity index (χ1) is 12.7. The average Bonchev–Trinajstić information content (AvgIpc) is 2.89. The number of carbonyl (C=O) groups is 2. The van der Waals surface area contributed by atoms with Gasteiger partial charge in [-0.15, -0.1) is 0 Å². The van der Waals surface area contributed by atoms with E-state index in [-0.39, 0.29) is 47.7 Å². The number of hydrogen-bond acceptors (Lipinski definition) is 4. The Kier molecular flexibility index (Phi) is 5.61. The highest BCUT2D eigenvalue weighted by atomic mass is 32.2. The third-order valence-electron chi connectivity index (χ3n) is 5.24. The van der Waals surface area contributed by atoms with Crippen molar-refractivity contribution in [2.24, 2.45) is 11.8 Å². The van der Waals surface area contributed by atoms with Gasteiger partial charge >= 0.3 is 0 Å². The van der Waals surface area contributed by atoms with Gasteiger partial charge in [0.1, 0.15) is 0 Å². The molecular weight excluding hydrogens is 360 g/mol. The van der Waals surface area contributed by atoms with Gasteiger partial charge in [0.25, 0.3) is 0 Å². The van der Waals surface area contributed by atoms with Crippen LogP contribution in [0, 0.1) is 25.7 Å². The van der Waals surface area contributed by atoms with E-state index in [1.165, 1.54) is 0 Å². The first-order valence-corrected chi connectivity index (χ1v) is 11.0. The van der Waals surface area contributed by atoms with E-state index in [1.54, 1.807) is 24.3 Å². The second-order valence-corrected chi connectivity index (χ2v) is 9.74. The molecule has 4 nitrogen and oxygen atoms in total. The summed E-state index contributed by atoms with van der Waals surface area (Å²) in [6, 6.07) is 14.6. The highest BCUT2D eigenvalue weighted by Crippen LogP contribution is 2.33. The van der Waals surface area contributed by atoms with Crippen molar-refractivity contribution in [3.8, 4) is 0 Å². The van der Waals surface area contributed by atoms with Crippen molar-refractivity contribution < 1.29 is 18.0 Å². The van der Waals surface area contributed by atoms with Crippen LogP contribution in [0.4, 0.5) is 0 Å². The molecule has 1 aliphatic rings. The standard InChI is InChI=1S/C22H24O4S/c1-15-3-7-17(8-4-15)21(23)11-19-13-27(25,26)14-20(19)12-22(24)18-9-5-16(2)6-10-18/h3-10,19-20H,11-14H2,1-2H3. The summed E-state index contributed by atoms with van der Waals surface area (Å²) in [5, 5.41) is 0. The number of Topliss-reactive ketones (excluding diaryl/α,β-unsaturated/α-hetero) is 2. The van der Waals surface area contributed by atoms with Gasteiger partial charge in [0, 0.05) is 24.0 Å². The maximum absolute atomic E-state index is 12.6. The number of aryl methyl sites for hydroxylation is 2. The summed E-state index contributed by atoms with van der Waals surface area (Å²) in [4.78, 5) is 25.2. The minimum atomic E-state index is -3.22. The Labute approximate surface area is 160 Å². The predicted molar refractivity (Wildman–Crippen MR) is 106 cm³/mol. The molecule has 142 valence electrons. The topological polar surface area (TPSA) is 68.3 Å². The van der Waals surface area contributed by atoms with Crippen LogP contribution in [0.25, 0.3) is 0 Å². The van der Waals surface area contributed by atoms with Gasteiger partial charge in [-0.25, -0.2) is 8.42 Å². The second kappa shape index (κ2) is 7.77. The molecule has 1 fully saturated rings. The van der Waals surface area contributed by atoms with Gasteiger partial charge in [-0.1, -0.05) is 59.7 Å². The maximum Gasteiger partial charge on any atom is 0.163 e. The lowest BCUT2D eigenvalue weighted by atomic mass is 9.85. The summed E-state index contributed by atoms with van der Waals surface area (Å²) in [5.41, 5.74) is 3.31. The predicted octanol–water partition coefficient (Wildman–Crippen LogP) is 3.81. The minimum Gasteiger partial charge on any atom is -0.294 e. The van der Waals surface area contributed by atoms with E-state index < -0.39 is 9.84 Å². The molecule has 3 rings (SSSR count). The van der Waals surface area contributed by atoms with Crippen LogP contribution in [0.1, 0.15) is 44.7 Å². The molecule has 5 heteroatoms. The molecule has 0 radical (unpaired) electrons. The van der Waals surface area contributed by atoms with Gasteiger partial charge in [0.05, 0.1) is 11.5 Å². The van der Waals surface area contributed by atoms with Gasteiger partial charge in [-0.2, -0.15) is 0 Å². The van der Waals surface area contributed by atoms with Crippen molar-refractivity contribution >= 4 is 21.4 Å². The molecule has 1 heterocycles. The van der Waals surface area contributed by atoms with E-state index in [1.807, 2.05) is 38.1 Å². The van der Waals surface area contributed by atoms with Crippen molar-refractivity contribution in [2.75, 3.05) is 11.5 Å². The molecular formula is C22H24O4S. The normalized spacial score (nSPS) is 21.1. The third-order valence-corrected chi connectivity index (χ3v) is 7.12. The Hall–Kier alpha value is -2.27. The number of benzene rings is 2. The number of carbonyl (C=O) groups excluding carboxylic acids is 2. The van der Waals surface area contributed by atoms with Crippen LogP contribution in [0.3, 0.4) is 0 Å². The van der Waals surface area contributed by atoms with Crippen LogP contribution >= 0.6 is 0 Å². The number of rotatable bonds is 6. The Morgan fingerprint density at radius 1 is 0.741 bits per heavy atom. The van der Waals surface area contributed by atoms with Gasteiger partial charge in [-0.05, 0) is 25.7 Å². The highest BCUT2D eigenvalue weighted by molar-refractivity contribution is 7.91. The van der Waals surface area contributed by atoms with E-state index >= 15 is 0 Å². The van der Waals surface area contributed by atoms with Gasteiger partial charge in [-0.3, -0.25) is 9.59 Å². The molecule has 0 saturated carbocycles. The van der Waals surface area contributed by atoms with Gasteiger partial charge in [0.2, 0.25) is 0 Å². The van der Waals surface area contributed by atoms with Crippen molar-refractivity contribution in [1.29, 1.82) is 0 Å². The van der Waals surface area contributed by atoms with E-state index in [4.69, 9.17) is 0 Å². The number of hydrogen-bond donors (Lipinski definition) is 0. The fourth-order valence-electron chi connectivity index (χ4n) is 3.63. The molecule has 27 heavy (non-hydrogen) atoms. The van der Waals surface area contributed by atoms with Gasteiger partial charge in [0.15, 0.2) is 21.4 Å². The largest absolute Gasteiger partial charge is 0.294 e. The van der Waals surface area contributed by atoms with E-state index in [0.717, 1.165) is 11.1 Å². The summed E-state index contributed by atoms with van der Waals surface area (Å²) < 4.78 is 24.3. The SMILES string of the molecule is Cc1ccc(C(=O)CC2CS(=O)(=O)CC2CC(=O)c2ccc(C)cc2)cc1. The lowest BCUT2D eigenvalue weighted by molar-refractivity contribution is 0.0912. The molecule has 0 amide bonds. The van der Waals surface area contributed by atoms with Crippen molar-refractivity contribution in [2.45, 2.75) is 26.7 Å². The molecule has 2 aromatic carbocycles. The minimum absolute atomic E-state index is 0.0174. The molecule has 0 aromatic heterocycles. The quantitative estimate of drug-likeness (QED) is 0.710. The zero-order valence-electron chi connectivity index (χ0n) is 15.6. The number of sulfone groups is 1. The molecule has 0 aliphatic carbocycles. The monoisotopic (exact) mass is 384 g/mol.